The van der Waals surface area contributed by atoms with Crippen LogP contribution in [0.2, 0.25) is 0 Å². The molecule has 0 aromatic heterocycles. The first-order valence-electron chi connectivity index (χ1n) is 5.78. The number of aliphatic hydroxyl groups excluding tert-OH is 1. The van der Waals surface area contributed by atoms with E-state index in [0.717, 1.165) is 4.90 Å². The molecule has 0 saturated heterocycles. The predicted octanol–water partition coefficient (Wildman–Crippen LogP) is 0.458. The van der Waals surface area contributed by atoms with E-state index in [4.69, 9.17) is 5.11 Å². The van der Waals surface area contributed by atoms with Gasteiger partial charge >= 0.3 is 5.97 Å². The number of carbonyl (C=O) groups excluding carboxylic acids is 2. The fraction of sp³-hybridized carbons (Fsp3) is 0.818. The minimum Gasteiger partial charge on any atom is -0.466 e. The van der Waals surface area contributed by atoms with E-state index in [1.54, 1.807) is 6.92 Å². The second-order valence-electron chi connectivity index (χ2n) is 3.69. The Morgan fingerprint density at radius 1 is 1.33 bits per heavy atom. The van der Waals surface area contributed by atoms with Crippen molar-refractivity contribution in [2.24, 2.45) is 0 Å². The van der Waals surface area contributed by atoms with Crippen molar-refractivity contribution in [2.75, 3.05) is 32.8 Å². The molecule has 0 rings (SSSR count). The summed E-state index contributed by atoms with van der Waals surface area (Å²) in [6.45, 7) is 0.865. The minimum absolute atomic E-state index is 0.00941. The van der Waals surface area contributed by atoms with E-state index in [0.29, 0.717) is 0 Å². The third-order valence-corrected chi connectivity index (χ3v) is 2.13. The molecule has 0 amide bonds. The fourth-order valence-corrected chi connectivity index (χ4v) is 1.37. The van der Waals surface area contributed by atoms with Crippen molar-refractivity contribution < 1.29 is 28.2 Å². The minimum atomic E-state index is -2.56. The van der Waals surface area contributed by atoms with E-state index >= 15 is 0 Å². The summed E-state index contributed by atoms with van der Waals surface area (Å²) in [6, 6.07) is 0. The average Bonchev–Trinajstić information content (AvgIpc) is 2.26. The Bertz CT molecular complexity index is 261. The number of hydrogen-bond acceptors (Lipinski definition) is 5. The molecule has 0 heterocycles. The van der Waals surface area contributed by atoms with E-state index < -0.39 is 18.9 Å². The van der Waals surface area contributed by atoms with Gasteiger partial charge in [0, 0.05) is 13.0 Å². The molecule has 0 radical (unpaired) electrons. The Balaban J connectivity index is 3.97. The van der Waals surface area contributed by atoms with Crippen molar-refractivity contribution in [3.8, 4) is 0 Å². The number of ether oxygens (including phenoxy) is 1. The van der Waals surface area contributed by atoms with Gasteiger partial charge in [-0.2, -0.15) is 0 Å². The zero-order chi connectivity index (χ0) is 14.0. The lowest BCUT2D eigenvalue weighted by Gasteiger charge is -2.19. The molecule has 0 aromatic carbocycles. The van der Waals surface area contributed by atoms with Gasteiger partial charge in [-0.25, -0.2) is 8.78 Å². The molecule has 7 heteroatoms. The normalized spacial score (nSPS) is 11.0. The molecule has 0 saturated carbocycles. The molecule has 0 aliphatic carbocycles. The summed E-state index contributed by atoms with van der Waals surface area (Å²) < 4.78 is 29.0. The van der Waals surface area contributed by atoms with Crippen LogP contribution in [0.4, 0.5) is 8.78 Å². The van der Waals surface area contributed by atoms with Crippen LogP contribution in [-0.4, -0.2) is 61.0 Å². The van der Waals surface area contributed by atoms with Gasteiger partial charge in [-0.1, -0.05) is 0 Å². The Morgan fingerprint density at radius 2 is 2.00 bits per heavy atom. The average molecular weight is 267 g/mol. The van der Waals surface area contributed by atoms with Crippen LogP contribution in [0, 0.1) is 0 Å². The Kier molecular flexibility index (Phi) is 9.31. The van der Waals surface area contributed by atoms with Crippen LogP contribution in [0.3, 0.4) is 0 Å². The molecule has 18 heavy (non-hydrogen) atoms. The SMILES string of the molecule is CCOC(=O)CCC(=O)CN(CCO)CC(F)F. The van der Waals surface area contributed by atoms with Gasteiger partial charge in [0.2, 0.25) is 0 Å². The molecule has 1 N–H and O–H groups in total. The van der Waals surface area contributed by atoms with Gasteiger partial charge in [0.1, 0.15) is 5.78 Å². The third-order valence-electron chi connectivity index (χ3n) is 2.13. The maximum atomic E-state index is 12.2. The number of nitrogens with zero attached hydrogens (tertiary/aromatic N) is 1. The van der Waals surface area contributed by atoms with Gasteiger partial charge in [-0.15, -0.1) is 0 Å². The molecule has 0 fully saturated rings. The molecule has 0 aromatic rings. The predicted molar refractivity (Wildman–Crippen MR) is 60.4 cm³/mol. The molecule has 5 nitrogen and oxygen atoms in total. The lowest BCUT2D eigenvalue weighted by atomic mass is 10.2. The summed E-state index contributed by atoms with van der Waals surface area (Å²) in [4.78, 5) is 23.6. The standard InChI is InChI=1S/C11H19F2NO4/c1-2-18-11(17)4-3-9(16)7-14(5-6-15)8-10(12)13/h10,15H,2-8H2,1H3. The summed E-state index contributed by atoms with van der Waals surface area (Å²) in [6.07, 6.45) is -2.65. The van der Waals surface area contributed by atoms with Crippen LogP contribution in [0.5, 0.6) is 0 Å². The van der Waals surface area contributed by atoms with Crippen molar-refractivity contribution in [1.29, 1.82) is 0 Å². The fourth-order valence-electron chi connectivity index (χ4n) is 1.37. The van der Waals surface area contributed by atoms with E-state index in [1.165, 1.54) is 0 Å². The van der Waals surface area contributed by atoms with Crippen molar-refractivity contribution in [3.05, 3.63) is 0 Å². The van der Waals surface area contributed by atoms with Gasteiger partial charge in [0.25, 0.3) is 6.43 Å². The molecule has 0 spiro atoms. The van der Waals surface area contributed by atoms with E-state index in [-0.39, 0.29) is 44.9 Å². The van der Waals surface area contributed by atoms with Crippen LogP contribution in [0.15, 0.2) is 0 Å². The first kappa shape index (κ1) is 16.9. The zero-order valence-electron chi connectivity index (χ0n) is 10.4. The first-order valence-corrected chi connectivity index (χ1v) is 5.78. The van der Waals surface area contributed by atoms with Gasteiger partial charge in [-0.05, 0) is 6.92 Å². The monoisotopic (exact) mass is 267 g/mol. The van der Waals surface area contributed by atoms with Gasteiger partial charge in [0.15, 0.2) is 0 Å². The maximum absolute atomic E-state index is 12.2. The van der Waals surface area contributed by atoms with Crippen LogP contribution in [-0.2, 0) is 14.3 Å². The number of aliphatic hydroxyl groups is 1. The Labute approximate surface area is 105 Å². The van der Waals surface area contributed by atoms with Gasteiger partial charge in [-0.3, -0.25) is 14.5 Å². The topological polar surface area (TPSA) is 66.8 Å². The van der Waals surface area contributed by atoms with E-state index in [1.807, 2.05) is 0 Å². The molecule has 0 bridgehead atoms. The number of rotatable bonds is 10. The summed E-state index contributed by atoms with van der Waals surface area (Å²) in [5.74, 6) is -0.800. The zero-order valence-corrected chi connectivity index (χ0v) is 10.4. The number of esters is 1. The van der Waals surface area contributed by atoms with Gasteiger partial charge < -0.3 is 9.84 Å². The smallest absolute Gasteiger partial charge is 0.306 e. The summed E-state index contributed by atoms with van der Waals surface area (Å²) >= 11 is 0. The second kappa shape index (κ2) is 9.90. The van der Waals surface area contributed by atoms with Crippen LogP contribution >= 0.6 is 0 Å². The number of carbonyl (C=O) groups is 2. The largest absolute Gasteiger partial charge is 0.466 e. The van der Waals surface area contributed by atoms with E-state index in [2.05, 4.69) is 4.74 Å². The van der Waals surface area contributed by atoms with Crippen molar-refractivity contribution in [2.45, 2.75) is 26.2 Å². The van der Waals surface area contributed by atoms with Crippen molar-refractivity contribution >= 4 is 11.8 Å². The van der Waals surface area contributed by atoms with Crippen LogP contribution in [0.1, 0.15) is 19.8 Å². The van der Waals surface area contributed by atoms with Crippen LogP contribution in [0.25, 0.3) is 0 Å². The number of Topliss-reactive ketones (excluding diaryl/α,β-unsaturated/α-hetero) is 1. The molecule has 106 valence electrons. The lowest BCUT2D eigenvalue weighted by molar-refractivity contribution is -0.144. The maximum Gasteiger partial charge on any atom is 0.306 e. The lowest BCUT2D eigenvalue weighted by Crippen LogP contribution is -2.36. The van der Waals surface area contributed by atoms with Crippen molar-refractivity contribution in [1.82, 2.24) is 4.90 Å². The van der Waals surface area contributed by atoms with Crippen LogP contribution < -0.4 is 0 Å². The number of hydrogen-bond donors (Lipinski definition) is 1. The van der Waals surface area contributed by atoms with Gasteiger partial charge in [0.05, 0.1) is 32.7 Å². The first-order chi connectivity index (χ1) is 8.49. The highest BCUT2D eigenvalue weighted by atomic mass is 19.3. The molecule has 0 unspecified atom stereocenters. The highest BCUT2D eigenvalue weighted by Gasteiger charge is 2.16. The number of alkyl halides is 2. The number of halogens is 2. The summed E-state index contributed by atoms with van der Waals surface area (Å²) in [5, 5.41) is 8.68. The summed E-state index contributed by atoms with van der Waals surface area (Å²) in [5.41, 5.74) is 0. The Morgan fingerprint density at radius 3 is 2.50 bits per heavy atom. The highest BCUT2D eigenvalue weighted by Crippen LogP contribution is 2.01. The summed E-state index contributed by atoms with van der Waals surface area (Å²) in [7, 11) is 0. The van der Waals surface area contributed by atoms with E-state index in [9.17, 15) is 18.4 Å². The number of ketones is 1. The Hall–Kier alpha value is -1.08. The van der Waals surface area contributed by atoms with Crippen molar-refractivity contribution in [3.63, 3.8) is 0 Å². The molecular formula is C11H19F2NO4. The molecular weight excluding hydrogens is 248 g/mol. The second-order valence-corrected chi connectivity index (χ2v) is 3.69. The third kappa shape index (κ3) is 9.00. The quantitative estimate of drug-likeness (QED) is 0.582. The highest BCUT2D eigenvalue weighted by molar-refractivity contribution is 5.84. The molecule has 0 aliphatic heterocycles. The molecule has 0 aliphatic rings. The molecule has 0 atom stereocenters.